The summed E-state index contributed by atoms with van der Waals surface area (Å²) in [6.07, 6.45) is 3.86. The molecule has 8 heteroatoms. The highest BCUT2D eigenvalue weighted by atomic mass is 19.4. The van der Waals surface area contributed by atoms with Crippen LogP contribution in [0.4, 0.5) is 23.7 Å². The second kappa shape index (κ2) is 8.71. The Bertz CT molecular complexity index is 795. The number of likely N-dealkylation sites (tertiary alicyclic amines) is 2. The average Bonchev–Trinajstić information content (AvgIpc) is 3.18. The number of hydrogen-bond acceptors (Lipinski definition) is 2. The lowest BCUT2D eigenvalue weighted by Gasteiger charge is -2.40. The topological polar surface area (TPSA) is 52.7 Å². The van der Waals surface area contributed by atoms with E-state index in [-0.39, 0.29) is 17.4 Å². The number of halogens is 3. The van der Waals surface area contributed by atoms with Crippen LogP contribution in [-0.4, -0.2) is 47.9 Å². The van der Waals surface area contributed by atoms with Crippen LogP contribution in [0.15, 0.2) is 24.3 Å². The highest BCUT2D eigenvalue weighted by molar-refractivity contribution is 5.89. The van der Waals surface area contributed by atoms with Crippen LogP contribution in [0.2, 0.25) is 0 Å². The Morgan fingerprint density at radius 3 is 2.06 bits per heavy atom. The smallest absolute Gasteiger partial charge is 0.342 e. The summed E-state index contributed by atoms with van der Waals surface area (Å²) in [5.41, 5.74) is -0.340. The fourth-order valence-electron chi connectivity index (χ4n) is 5.27. The number of anilines is 1. The average molecular weight is 438 g/mol. The van der Waals surface area contributed by atoms with Gasteiger partial charge in [0.1, 0.15) is 0 Å². The molecule has 2 heterocycles. The summed E-state index contributed by atoms with van der Waals surface area (Å²) in [6, 6.07) is 4.22. The molecule has 4 rings (SSSR count). The zero-order chi connectivity index (χ0) is 22.1. The Balaban J connectivity index is 1.28. The van der Waals surface area contributed by atoms with Crippen molar-refractivity contribution in [2.45, 2.75) is 57.5 Å². The van der Waals surface area contributed by atoms with Gasteiger partial charge in [-0.15, -0.1) is 0 Å². The van der Waals surface area contributed by atoms with Gasteiger partial charge in [-0.3, -0.25) is 4.79 Å². The number of alkyl halides is 3. The first-order chi connectivity index (χ1) is 14.8. The first-order valence-electron chi connectivity index (χ1n) is 11.3. The highest BCUT2D eigenvalue weighted by Gasteiger charge is 2.43. The zero-order valence-corrected chi connectivity index (χ0v) is 17.7. The van der Waals surface area contributed by atoms with Crippen LogP contribution in [0.1, 0.15) is 56.9 Å². The van der Waals surface area contributed by atoms with E-state index in [4.69, 9.17) is 0 Å². The van der Waals surface area contributed by atoms with Crippen molar-refractivity contribution in [1.82, 2.24) is 9.80 Å². The van der Waals surface area contributed by atoms with Crippen molar-refractivity contribution in [2.24, 2.45) is 11.3 Å². The van der Waals surface area contributed by atoms with Gasteiger partial charge in [0.2, 0.25) is 5.91 Å². The number of rotatable bonds is 2. The lowest BCUT2D eigenvalue weighted by atomic mass is 9.77. The van der Waals surface area contributed by atoms with Gasteiger partial charge in [-0.25, -0.2) is 4.79 Å². The van der Waals surface area contributed by atoms with Gasteiger partial charge in [0, 0.05) is 37.8 Å². The minimum atomic E-state index is -4.39. The molecule has 2 aliphatic heterocycles. The Morgan fingerprint density at radius 2 is 1.48 bits per heavy atom. The number of amides is 3. The van der Waals surface area contributed by atoms with E-state index in [1.54, 1.807) is 4.90 Å². The van der Waals surface area contributed by atoms with Gasteiger partial charge in [0.05, 0.1) is 5.56 Å². The molecule has 1 N–H and O–H groups in total. The summed E-state index contributed by atoms with van der Waals surface area (Å²) in [5, 5.41) is 2.71. The van der Waals surface area contributed by atoms with Crippen LogP contribution in [0.25, 0.3) is 0 Å². The molecule has 0 atom stereocenters. The van der Waals surface area contributed by atoms with Crippen LogP contribution >= 0.6 is 0 Å². The summed E-state index contributed by atoms with van der Waals surface area (Å²) in [7, 11) is 0. The summed E-state index contributed by atoms with van der Waals surface area (Å²) >= 11 is 0. The van der Waals surface area contributed by atoms with E-state index in [0.29, 0.717) is 24.7 Å². The second-order valence-corrected chi connectivity index (χ2v) is 9.34. The molecule has 0 unspecified atom stereocenters. The molecule has 2 saturated heterocycles. The number of nitrogens with one attached hydrogen (secondary N) is 1. The quantitative estimate of drug-likeness (QED) is 0.697. The molecule has 3 amide bonds. The fourth-order valence-corrected chi connectivity index (χ4v) is 5.27. The lowest BCUT2D eigenvalue weighted by Crippen LogP contribution is -2.47. The summed E-state index contributed by atoms with van der Waals surface area (Å²) < 4.78 is 38.1. The normalized spacial score (nSPS) is 22.0. The maximum absolute atomic E-state index is 12.8. The predicted octanol–water partition coefficient (Wildman–Crippen LogP) is 5.13. The van der Waals surface area contributed by atoms with Crippen molar-refractivity contribution in [3.8, 4) is 0 Å². The number of piperidine rings is 1. The third-order valence-corrected chi connectivity index (χ3v) is 7.28. The molecule has 1 aromatic carbocycles. The van der Waals surface area contributed by atoms with E-state index in [1.165, 1.54) is 18.6 Å². The minimum Gasteiger partial charge on any atom is -0.342 e. The maximum Gasteiger partial charge on any atom is 0.416 e. The molecule has 0 bridgehead atoms. The van der Waals surface area contributed by atoms with Crippen molar-refractivity contribution in [2.75, 3.05) is 31.5 Å². The van der Waals surface area contributed by atoms with E-state index in [2.05, 4.69) is 5.32 Å². The molecule has 1 aromatic rings. The van der Waals surface area contributed by atoms with Crippen molar-refractivity contribution < 1.29 is 22.8 Å². The molecule has 1 saturated carbocycles. The van der Waals surface area contributed by atoms with E-state index >= 15 is 0 Å². The Hall–Kier alpha value is -2.25. The monoisotopic (exact) mass is 437 g/mol. The maximum atomic E-state index is 12.8. The molecular weight excluding hydrogens is 407 g/mol. The predicted molar refractivity (Wildman–Crippen MR) is 111 cm³/mol. The van der Waals surface area contributed by atoms with Crippen LogP contribution in [0.5, 0.6) is 0 Å². The molecule has 3 aliphatic rings. The van der Waals surface area contributed by atoms with Crippen molar-refractivity contribution in [3.05, 3.63) is 29.8 Å². The largest absolute Gasteiger partial charge is 0.416 e. The molecule has 3 fully saturated rings. The van der Waals surface area contributed by atoms with Crippen molar-refractivity contribution >= 4 is 17.6 Å². The number of urea groups is 1. The third-order valence-electron chi connectivity index (χ3n) is 7.28. The number of hydrogen-bond donors (Lipinski definition) is 1. The standard InChI is InChI=1S/C23H30F3N3O2/c24-23(25,26)18-6-8-19(9-7-18)27-21(31)29-15-12-22(16-29)10-13-28(14-11-22)20(30)17-4-2-1-3-5-17/h6-9,17H,1-5,10-16H2,(H,27,31). The lowest BCUT2D eigenvalue weighted by molar-refractivity contribution is -0.139. The van der Waals surface area contributed by atoms with Gasteiger partial charge in [-0.2, -0.15) is 13.2 Å². The minimum absolute atomic E-state index is 0.0425. The zero-order valence-electron chi connectivity index (χ0n) is 17.7. The van der Waals surface area contributed by atoms with Gasteiger partial charge in [-0.05, 0) is 61.8 Å². The third kappa shape index (κ3) is 4.99. The second-order valence-electron chi connectivity index (χ2n) is 9.34. The molecular formula is C23H30F3N3O2. The van der Waals surface area contributed by atoms with Gasteiger partial charge < -0.3 is 15.1 Å². The Morgan fingerprint density at radius 1 is 0.903 bits per heavy atom. The van der Waals surface area contributed by atoms with Crippen LogP contribution in [-0.2, 0) is 11.0 Å². The van der Waals surface area contributed by atoms with E-state index in [1.807, 2.05) is 4.90 Å². The summed E-state index contributed by atoms with van der Waals surface area (Å²) in [5.74, 6) is 0.502. The van der Waals surface area contributed by atoms with Crippen LogP contribution in [0, 0.1) is 11.3 Å². The first kappa shape index (κ1) is 22.0. The van der Waals surface area contributed by atoms with Gasteiger partial charge >= 0.3 is 12.2 Å². The fraction of sp³-hybridized carbons (Fsp3) is 0.652. The first-order valence-corrected chi connectivity index (χ1v) is 11.3. The van der Waals surface area contributed by atoms with E-state index < -0.39 is 11.7 Å². The molecule has 5 nitrogen and oxygen atoms in total. The number of benzene rings is 1. The van der Waals surface area contributed by atoms with E-state index in [0.717, 1.165) is 70.2 Å². The summed E-state index contributed by atoms with van der Waals surface area (Å²) in [4.78, 5) is 29.2. The highest BCUT2D eigenvalue weighted by Crippen LogP contribution is 2.41. The Kier molecular flexibility index (Phi) is 6.17. The van der Waals surface area contributed by atoms with Crippen molar-refractivity contribution in [3.63, 3.8) is 0 Å². The molecule has 31 heavy (non-hydrogen) atoms. The Labute approximate surface area is 181 Å². The molecule has 0 aromatic heterocycles. The number of nitrogens with zero attached hydrogens (tertiary/aromatic N) is 2. The van der Waals surface area contributed by atoms with Crippen LogP contribution in [0.3, 0.4) is 0 Å². The summed E-state index contributed by atoms with van der Waals surface area (Å²) in [6.45, 7) is 2.77. The molecule has 0 radical (unpaired) electrons. The van der Waals surface area contributed by atoms with Gasteiger partial charge in [-0.1, -0.05) is 19.3 Å². The van der Waals surface area contributed by atoms with E-state index in [9.17, 15) is 22.8 Å². The number of carbonyl (C=O) groups is 2. The van der Waals surface area contributed by atoms with Gasteiger partial charge in [0.25, 0.3) is 0 Å². The molecule has 1 spiro atoms. The van der Waals surface area contributed by atoms with Crippen molar-refractivity contribution in [1.29, 1.82) is 0 Å². The van der Waals surface area contributed by atoms with Crippen LogP contribution < -0.4 is 5.32 Å². The molecule has 170 valence electrons. The number of carbonyl (C=O) groups excluding carboxylic acids is 2. The molecule has 1 aliphatic carbocycles. The van der Waals surface area contributed by atoms with Gasteiger partial charge in [0.15, 0.2) is 0 Å². The SMILES string of the molecule is O=C(Nc1ccc(C(F)(F)F)cc1)N1CCC2(CCN(C(=O)C3CCCCC3)CC2)C1.